The van der Waals surface area contributed by atoms with E-state index >= 15 is 0 Å². The van der Waals surface area contributed by atoms with Gasteiger partial charge in [-0.05, 0) is 224 Å². The van der Waals surface area contributed by atoms with E-state index in [1.165, 1.54) is 0 Å². The van der Waals surface area contributed by atoms with Crippen molar-refractivity contribution in [1.29, 1.82) is 0 Å². The van der Waals surface area contributed by atoms with Gasteiger partial charge in [0.25, 0.3) is 0 Å². The summed E-state index contributed by atoms with van der Waals surface area (Å²) in [6.45, 7) is -16.6. The van der Waals surface area contributed by atoms with Gasteiger partial charge < -0.3 is 0 Å². The minimum atomic E-state index is -0.679. The molecule has 103 heavy (non-hydrogen) atoms. The zero-order valence-electron chi connectivity index (χ0n) is 53.9. The van der Waals surface area contributed by atoms with E-state index in [-0.39, 0.29) is 0 Å². The molecule has 0 aromatic rings. The Bertz CT molecular complexity index is 1780. The summed E-state index contributed by atoms with van der Waals surface area (Å²) < 4.78 is 0. The van der Waals surface area contributed by atoms with Crippen molar-refractivity contribution < 1.29 is 0 Å². The van der Waals surface area contributed by atoms with Crippen molar-refractivity contribution in [3.63, 3.8) is 0 Å². The molecule has 0 rings (SSSR count). The second-order valence-corrected chi connectivity index (χ2v) is 369. The third-order valence-electron chi connectivity index (χ3n) is 12.0. The van der Waals surface area contributed by atoms with Crippen molar-refractivity contribution in [2.45, 2.75) is 0 Å². The van der Waals surface area contributed by atoms with E-state index in [1.807, 2.05) is 0 Å². The molecule has 0 saturated carbocycles. The summed E-state index contributed by atoms with van der Waals surface area (Å²) in [6, 6.07) is 2.93. The van der Waals surface area contributed by atoms with Gasteiger partial charge in [0.15, 0.2) is 30.2 Å². The predicted octanol–water partition coefficient (Wildman–Crippen LogP) is 50.7. The highest BCUT2D eigenvalue weighted by atomic mass is 33.3. The van der Waals surface area contributed by atoms with Gasteiger partial charge in [-0.1, -0.05) is 79.7 Å². The Morgan fingerprint density at radius 3 is 0.330 bits per heavy atom. The molecule has 0 bridgehead atoms. The van der Waals surface area contributed by atoms with Crippen LogP contribution in [0.2, 0.25) is 0 Å². The van der Waals surface area contributed by atoms with Crippen molar-refractivity contribution in [3.8, 4) is 0 Å². The average molecular weight is 3130 g/mol. The summed E-state index contributed by atoms with van der Waals surface area (Å²) in [7, 11) is 191. The first kappa shape index (κ1) is 144. The molecule has 0 aliphatic carbocycles. The normalized spacial score (nSPS) is 14.7. The molecule has 0 aromatic carbocycles. The Balaban J connectivity index is 15.0. The molecule has 0 spiro atoms. The van der Waals surface area contributed by atoms with Crippen molar-refractivity contribution in [2.75, 3.05) is 0 Å². The molecule has 0 aliphatic heterocycles. The molecule has 0 saturated heterocycles. The highest BCUT2D eigenvalue weighted by molar-refractivity contribution is 9.37. The quantitative estimate of drug-likeness (QED) is 0.0421. The average Bonchev–Trinajstić information content (AvgIpc) is 3.41. The third-order valence-corrected chi connectivity index (χ3v) is 480. The molecule has 0 heterocycles. The highest BCUT2D eigenvalue weighted by Crippen LogP contribution is 3.30. The van der Waals surface area contributed by atoms with Gasteiger partial charge in [0.1, 0.15) is 0 Å². The Morgan fingerprint density at radius 2 is 0.233 bits per heavy atom. The molecular formula is H105B8P95. The van der Waals surface area contributed by atoms with E-state index in [4.69, 9.17) is 0 Å². The maximum Gasteiger partial charge on any atom is 0.177 e. The minimum absolute atomic E-state index is 0.473. The zero-order chi connectivity index (χ0) is 81.6. The summed E-state index contributed by atoms with van der Waals surface area (Å²) in [6.07, 6.45) is 1.49. The SMILES string of the molecule is PPP(P)P(B(B(B(B(B(P(P(P)P)P(P)P)P(P(P)P)P(P)P)B(P(P(P)P)P(P)P)P(P(P)P)P(P)P)B(P(P(P(P)P)P(P)P)P(P(P)P)P(P)P)P(P(P(P)P)P(P)P)P(P(P)P)P(P)P)B(P(P(P)P)P(P)P)P(P(P)P)P(P)P)P(P(P(P)P)P(P)P)P(P(P)P)P(P)P)P(P)P. The van der Waals surface area contributed by atoms with Crippen LogP contribution in [-0.4, -0.2) is 49.4 Å². The zero-order valence-corrected chi connectivity index (χ0v) is 153. The Morgan fingerprint density at radius 1 is 0.126 bits per heavy atom. The molecule has 0 nitrogen and oxygen atoms in total. The van der Waals surface area contributed by atoms with Crippen LogP contribution in [0.3, 0.4) is 0 Å². The van der Waals surface area contributed by atoms with Crippen LogP contribution in [0.5, 0.6) is 0 Å². The lowest BCUT2D eigenvalue weighted by Gasteiger charge is -2.61. The summed E-state index contributed by atoms with van der Waals surface area (Å²) >= 11 is 0. The fraction of sp³-hybridized carbons (Fsp3) is 0. The summed E-state index contributed by atoms with van der Waals surface area (Å²) in [5.74, 6) is 0. The van der Waals surface area contributed by atoms with E-state index < -0.39 is 295 Å². The van der Waals surface area contributed by atoms with Gasteiger partial charge in [0.2, 0.25) is 0 Å². The first-order valence-corrected chi connectivity index (χ1v) is 191. The Hall–Kier alpha value is 41.4. The van der Waals surface area contributed by atoms with Crippen LogP contribution in [0.1, 0.15) is 0 Å². The lowest BCUT2D eigenvalue weighted by atomic mass is 8.65. The van der Waals surface area contributed by atoms with E-state index in [0.29, 0.717) is 49.4 Å². The molecule has 0 aliphatic rings. The highest BCUT2D eigenvalue weighted by Gasteiger charge is 2.72. The van der Waals surface area contributed by atoms with Crippen LogP contribution in [0.15, 0.2) is 0 Å². The molecule has 604 valence electrons. The Kier molecular flexibility index (Phi) is 110. The second-order valence-electron chi connectivity index (χ2n) is 18.6. The molecule has 103 heteroatoms. The maximum atomic E-state index is 3.92. The summed E-state index contributed by atoms with van der Waals surface area (Å²) in [5.41, 5.74) is 0. The van der Waals surface area contributed by atoms with Crippen LogP contribution in [0.25, 0.3) is 0 Å². The lowest BCUT2D eigenvalue weighted by molar-refractivity contribution is 3.40. The Labute approximate surface area is 804 Å². The first-order chi connectivity index (χ1) is 46.9. The van der Waals surface area contributed by atoms with Gasteiger partial charge in [0.05, 0.1) is 12.8 Å². The first-order valence-electron chi connectivity index (χ1n) is 25.0. The van der Waals surface area contributed by atoms with Crippen LogP contribution in [0.4, 0.5) is 0 Å². The largest absolute Gasteiger partial charge is 0.177 e. The third kappa shape index (κ3) is 50.0. The van der Waals surface area contributed by atoms with Crippen LogP contribution >= 0.6 is 768 Å². The van der Waals surface area contributed by atoms with Gasteiger partial charge in [-0.25, -0.2) is 0 Å². The van der Waals surface area contributed by atoms with E-state index in [2.05, 4.69) is 464 Å². The molecule has 0 fully saturated rings. The van der Waals surface area contributed by atoms with Crippen LogP contribution in [-0.2, 0) is 0 Å². The van der Waals surface area contributed by atoms with E-state index in [1.54, 1.807) is 0 Å². The fourth-order valence-electron chi connectivity index (χ4n) is 9.38. The number of hydrogen-bond donors (Lipinski definition) is 0. The molecule has 0 N–H and O–H groups in total. The van der Waals surface area contributed by atoms with Crippen LogP contribution in [0, 0.1) is 0 Å². The fourth-order valence-corrected chi connectivity index (χ4v) is 815. The second kappa shape index (κ2) is 78.5. The van der Waals surface area contributed by atoms with Crippen LogP contribution < -0.4 is 0 Å². The molecule has 55 atom stereocenters. The smallest absolute Gasteiger partial charge is 0.109 e. The maximum absolute atomic E-state index is 3.92. The van der Waals surface area contributed by atoms with Gasteiger partial charge >= 0.3 is 0 Å². The van der Waals surface area contributed by atoms with Crippen molar-refractivity contribution in [1.82, 2.24) is 0 Å². The van der Waals surface area contributed by atoms with Gasteiger partial charge in [-0.3, -0.25) is 0 Å². The van der Waals surface area contributed by atoms with Crippen molar-refractivity contribution in [2.24, 2.45) is 0 Å². The molecule has 0 aromatic heterocycles. The van der Waals surface area contributed by atoms with Gasteiger partial charge in [-0.2, -0.15) is 0 Å². The molecule has 0 radical (unpaired) electrons. The minimum Gasteiger partial charge on any atom is -0.109 e. The van der Waals surface area contributed by atoms with E-state index in [0.717, 1.165) is 7.96 Å². The monoisotopic (exact) mass is 3140 g/mol. The number of rotatable bonds is 50. The topological polar surface area (TPSA) is 0 Å². The van der Waals surface area contributed by atoms with Gasteiger partial charge in [0, 0.05) is 6.39 Å². The molecule has 55 unspecified atom stereocenters. The van der Waals surface area contributed by atoms with Crippen molar-refractivity contribution >= 4 is 817 Å². The summed E-state index contributed by atoms with van der Waals surface area (Å²) in [4.78, 5) is 0. The van der Waals surface area contributed by atoms with E-state index in [9.17, 15) is 0 Å². The van der Waals surface area contributed by atoms with Gasteiger partial charge in [-0.15, -0.1) is 464 Å². The lowest BCUT2D eigenvalue weighted by Crippen LogP contribution is -2.73. The summed E-state index contributed by atoms with van der Waals surface area (Å²) in [5, 5.41) is 0. The predicted molar refractivity (Wildman–Crippen MR) is 850 cm³/mol. The number of hydrogen-bond acceptors (Lipinski definition) is 0. The molecular weight excluding hydrogens is 3030 g/mol. The molecule has 0 amide bonds. The standard InChI is InChI=1S/B8H105P95/c9-61-97(60)68(84(34)35)8(71(102(93(52)53)94(54)55)103(95(56)57)96(58)59)3(7(66(80(26)27)81(28)29)67(82(30)31)83(32)33)1(2(5(62(72(10)11)73(12)13)63(74(14)15)75(16)17)6(64(76(18)19)77(20)21)65(78(22)23)79(24)25)4(69(98(85(36)37)86(38)39)99(87(40)41)88(42)43)70(100(89(44)45)90(46)47)101(91(48)49)92(50)51/h61H,9-60H2. The van der Waals surface area contributed by atoms with Crippen molar-refractivity contribution in [3.05, 3.63) is 0 Å².